The average molecular weight is 546 g/mol. The van der Waals surface area contributed by atoms with Crippen LogP contribution in [0.1, 0.15) is 112 Å². The molecule has 4 heteroatoms. The summed E-state index contributed by atoms with van der Waals surface area (Å²) in [6, 6.07) is 4.05. The minimum atomic E-state index is -0.596. The van der Waals surface area contributed by atoms with Gasteiger partial charge in [0, 0.05) is 12.4 Å². The fourth-order valence-corrected chi connectivity index (χ4v) is 11.5. The summed E-state index contributed by atoms with van der Waals surface area (Å²) in [5.41, 5.74) is 3.22. The number of hydrogen-bond acceptors (Lipinski definition) is 3. The third kappa shape index (κ3) is 3.66. The molecule has 0 aliphatic heterocycles. The Hall–Kier alpha value is -1.94. The lowest BCUT2D eigenvalue weighted by Crippen LogP contribution is -2.65. The second-order valence-electron chi connectivity index (χ2n) is 16.6. The Morgan fingerprint density at radius 3 is 2.40 bits per heavy atom. The lowest BCUT2D eigenvalue weighted by molar-refractivity contribution is -0.193. The number of nitrogens with zero attached hydrogens (tertiary/aromatic N) is 1. The van der Waals surface area contributed by atoms with Crippen LogP contribution in [0.15, 0.2) is 41.7 Å². The van der Waals surface area contributed by atoms with E-state index in [2.05, 4.69) is 71.7 Å². The molecular formula is C36H51NO3. The highest BCUT2D eigenvalue weighted by Crippen LogP contribution is 2.76. The molecule has 5 aliphatic rings. The van der Waals surface area contributed by atoms with Gasteiger partial charge in [0.15, 0.2) is 0 Å². The van der Waals surface area contributed by atoms with Crippen LogP contribution >= 0.6 is 0 Å². The molecule has 6 rings (SSSR count). The van der Waals surface area contributed by atoms with E-state index in [0.29, 0.717) is 11.8 Å². The average Bonchev–Trinajstić information content (AvgIpc) is 2.87. The van der Waals surface area contributed by atoms with Gasteiger partial charge in [-0.1, -0.05) is 72.3 Å². The number of allylic oxidation sites excluding steroid dienone is 2. The molecule has 0 bridgehead atoms. The van der Waals surface area contributed by atoms with Crippen LogP contribution in [0.4, 0.5) is 0 Å². The van der Waals surface area contributed by atoms with Gasteiger partial charge in [-0.3, -0.25) is 9.78 Å². The Morgan fingerprint density at radius 2 is 1.73 bits per heavy atom. The van der Waals surface area contributed by atoms with Gasteiger partial charge in [0.25, 0.3) is 0 Å². The van der Waals surface area contributed by atoms with E-state index in [1.807, 2.05) is 12.3 Å². The Balaban J connectivity index is 1.44. The Kier molecular flexibility index (Phi) is 6.19. The van der Waals surface area contributed by atoms with E-state index in [1.54, 1.807) is 6.20 Å². The van der Waals surface area contributed by atoms with Crippen molar-refractivity contribution in [2.24, 2.45) is 50.2 Å². The summed E-state index contributed by atoms with van der Waals surface area (Å²) < 4.78 is 0. The first-order chi connectivity index (χ1) is 18.6. The monoisotopic (exact) mass is 545 g/mol. The number of carboxylic acids is 1. The maximum absolute atomic E-state index is 12.9. The van der Waals surface area contributed by atoms with E-state index in [4.69, 9.17) is 0 Å². The van der Waals surface area contributed by atoms with Crippen LogP contribution in [0.5, 0.6) is 0 Å². The van der Waals surface area contributed by atoms with E-state index in [1.165, 1.54) is 5.57 Å². The van der Waals surface area contributed by atoms with Gasteiger partial charge in [-0.15, -0.1) is 0 Å². The standard InChI is InChI=1S/C36H51NO3/c1-31(2)14-16-36(30(39)40)17-15-34(6)25(26(36)21-31)10-11-28-33(5)20-24(19-23-9-8-18-37-22-23)29(38)32(3,4)27(33)12-13-35(28,34)7/h8-10,18-19,22,26-29,38H,11-17,20-21H2,1-7H3,(H,39,40)/b24-19-/t26-,27-,28+,29-,33-,34+,35+,36-/m0/s1. The highest BCUT2D eigenvalue weighted by molar-refractivity contribution is 5.76. The molecule has 4 saturated carbocycles. The van der Waals surface area contributed by atoms with Crippen LogP contribution in [0.2, 0.25) is 0 Å². The van der Waals surface area contributed by atoms with Crippen LogP contribution in [-0.2, 0) is 4.79 Å². The number of aliphatic carboxylic acids is 1. The van der Waals surface area contributed by atoms with Crippen LogP contribution in [-0.4, -0.2) is 27.3 Å². The smallest absolute Gasteiger partial charge is 0.310 e. The lowest BCUT2D eigenvalue weighted by atomic mass is 9.33. The summed E-state index contributed by atoms with van der Waals surface area (Å²) in [7, 11) is 0. The highest BCUT2D eigenvalue weighted by atomic mass is 16.4. The van der Waals surface area contributed by atoms with Crippen molar-refractivity contribution >= 4 is 12.0 Å². The van der Waals surface area contributed by atoms with Crippen molar-refractivity contribution in [3.8, 4) is 0 Å². The van der Waals surface area contributed by atoms with Crippen molar-refractivity contribution < 1.29 is 15.0 Å². The predicted octanol–water partition coefficient (Wildman–Crippen LogP) is 8.32. The van der Waals surface area contributed by atoms with Crippen molar-refractivity contribution in [1.29, 1.82) is 0 Å². The van der Waals surface area contributed by atoms with Gasteiger partial charge >= 0.3 is 5.97 Å². The summed E-state index contributed by atoms with van der Waals surface area (Å²) in [4.78, 5) is 17.3. The second kappa shape index (κ2) is 8.79. The Morgan fingerprint density at radius 1 is 1.00 bits per heavy atom. The molecule has 0 unspecified atom stereocenters. The number of rotatable bonds is 2. The fourth-order valence-electron chi connectivity index (χ4n) is 11.5. The molecule has 4 fully saturated rings. The fraction of sp³-hybridized carbons (Fsp3) is 0.722. The van der Waals surface area contributed by atoms with Gasteiger partial charge < -0.3 is 10.2 Å². The molecule has 1 aromatic rings. The first-order valence-corrected chi connectivity index (χ1v) is 15.8. The molecule has 1 aromatic heterocycles. The number of aromatic nitrogens is 1. The zero-order valence-electron chi connectivity index (χ0n) is 25.9. The zero-order chi connectivity index (χ0) is 28.9. The van der Waals surface area contributed by atoms with Crippen LogP contribution < -0.4 is 0 Å². The van der Waals surface area contributed by atoms with Gasteiger partial charge in [-0.05, 0) is 120 Å². The second-order valence-corrected chi connectivity index (χ2v) is 16.6. The molecule has 0 amide bonds. The quantitative estimate of drug-likeness (QED) is 0.367. The first-order valence-electron chi connectivity index (χ1n) is 15.8. The maximum Gasteiger partial charge on any atom is 0.310 e. The van der Waals surface area contributed by atoms with Crippen molar-refractivity contribution in [2.75, 3.05) is 0 Å². The Bertz CT molecular complexity index is 1260. The molecule has 1 heterocycles. The molecule has 5 aliphatic carbocycles. The SMILES string of the molecule is CC1(C)CC[C@]2(C(=O)O)CC[C@]3(C)C(=CC[C@@H]4[C@@]5(C)C/C(=C/c6cccnc6)[C@H](O)C(C)(C)[C@@H]5CC[C@]43C)[C@@H]2C1. The summed E-state index contributed by atoms with van der Waals surface area (Å²) >= 11 is 0. The number of hydrogen-bond donors (Lipinski definition) is 2. The van der Waals surface area contributed by atoms with Gasteiger partial charge in [0.05, 0.1) is 11.5 Å². The van der Waals surface area contributed by atoms with Gasteiger partial charge in [0.2, 0.25) is 0 Å². The van der Waals surface area contributed by atoms with Crippen LogP contribution in [0.3, 0.4) is 0 Å². The topological polar surface area (TPSA) is 70.4 Å². The molecule has 0 saturated heterocycles. The van der Waals surface area contributed by atoms with Crippen molar-refractivity contribution in [3.05, 3.63) is 47.3 Å². The van der Waals surface area contributed by atoms with Crippen molar-refractivity contribution in [1.82, 2.24) is 4.98 Å². The lowest BCUT2D eigenvalue weighted by Gasteiger charge is -2.71. The highest BCUT2D eigenvalue weighted by Gasteiger charge is 2.69. The minimum absolute atomic E-state index is 0.00830. The largest absolute Gasteiger partial charge is 0.481 e. The Labute approximate surface area is 241 Å². The molecule has 0 spiro atoms. The van der Waals surface area contributed by atoms with Gasteiger partial charge in [0.1, 0.15) is 0 Å². The molecule has 0 radical (unpaired) electrons. The number of aliphatic hydroxyl groups is 1. The summed E-state index contributed by atoms with van der Waals surface area (Å²) in [5.74, 6) is 0.507. The molecule has 0 aromatic carbocycles. The number of carboxylic acid groups (broad SMARTS) is 1. The van der Waals surface area contributed by atoms with E-state index in [9.17, 15) is 15.0 Å². The van der Waals surface area contributed by atoms with Crippen molar-refractivity contribution in [3.63, 3.8) is 0 Å². The minimum Gasteiger partial charge on any atom is -0.481 e. The number of fused-ring (bicyclic) bond motifs is 7. The molecule has 40 heavy (non-hydrogen) atoms. The maximum atomic E-state index is 12.9. The number of carbonyl (C=O) groups is 1. The van der Waals surface area contributed by atoms with Crippen molar-refractivity contribution in [2.45, 2.75) is 112 Å². The first kappa shape index (κ1) is 28.2. The summed E-state index contributed by atoms with van der Waals surface area (Å²) in [6.07, 6.45) is 16.8. The number of aliphatic hydroxyl groups excluding tert-OH is 1. The van der Waals surface area contributed by atoms with E-state index in [-0.39, 0.29) is 33.0 Å². The third-order valence-corrected chi connectivity index (χ3v) is 13.9. The molecule has 218 valence electrons. The van der Waals surface area contributed by atoms with Crippen LogP contribution in [0.25, 0.3) is 6.08 Å². The normalized spacial score (nSPS) is 46.3. The van der Waals surface area contributed by atoms with Gasteiger partial charge in [-0.25, -0.2) is 0 Å². The molecular weight excluding hydrogens is 494 g/mol. The molecule has 4 nitrogen and oxygen atoms in total. The molecule has 8 atom stereocenters. The predicted molar refractivity (Wildman–Crippen MR) is 160 cm³/mol. The van der Waals surface area contributed by atoms with E-state index >= 15 is 0 Å². The zero-order valence-corrected chi connectivity index (χ0v) is 25.9. The molecule has 2 N–H and O–H groups in total. The van der Waals surface area contributed by atoms with E-state index < -0.39 is 17.5 Å². The summed E-state index contributed by atoms with van der Waals surface area (Å²) in [5, 5.41) is 22.3. The van der Waals surface area contributed by atoms with Gasteiger partial charge in [-0.2, -0.15) is 0 Å². The summed E-state index contributed by atoms with van der Waals surface area (Å²) in [6.45, 7) is 16.9. The third-order valence-electron chi connectivity index (χ3n) is 13.9. The number of pyridine rings is 1. The van der Waals surface area contributed by atoms with Crippen LogP contribution in [0, 0.1) is 50.2 Å². The van der Waals surface area contributed by atoms with E-state index in [0.717, 1.165) is 68.9 Å².